The quantitative estimate of drug-likeness (QED) is 0.814. The van der Waals surface area contributed by atoms with Gasteiger partial charge in [0.15, 0.2) is 0 Å². The predicted molar refractivity (Wildman–Crippen MR) is 83.8 cm³/mol. The minimum atomic E-state index is -0.328. The van der Waals surface area contributed by atoms with Gasteiger partial charge in [-0.1, -0.05) is 6.92 Å². The number of nitrogens with zero attached hydrogens (tertiary/aromatic N) is 2. The van der Waals surface area contributed by atoms with Gasteiger partial charge >= 0.3 is 5.97 Å². The van der Waals surface area contributed by atoms with Crippen LogP contribution in [0.1, 0.15) is 42.2 Å². The molecular formula is C16H25N3O2. The van der Waals surface area contributed by atoms with Gasteiger partial charge in [0.1, 0.15) is 5.82 Å². The van der Waals surface area contributed by atoms with Crippen LogP contribution in [0, 0.1) is 6.92 Å². The fourth-order valence-electron chi connectivity index (χ4n) is 2.80. The Morgan fingerprint density at radius 2 is 2.33 bits per heavy atom. The summed E-state index contributed by atoms with van der Waals surface area (Å²) in [6.07, 6.45) is 3.55. The van der Waals surface area contributed by atoms with Crippen molar-refractivity contribution >= 4 is 11.8 Å². The molecule has 5 nitrogen and oxygen atoms in total. The van der Waals surface area contributed by atoms with E-state index in [1.807, 2.05) is 19.1 Å². The summed E-state index contributed by atoms with van der Waals surface area (Å²) in [6.45, 7) is 7.08. The third-order valence-electron chi connectivity index (χ3n) is 3.90. The Bertz CT molecular complexity index is 484. The number of aryl methyl sites for hydroxylation is 1. The Kier molecular flexibility index (Phi) is 5.56. The van der Waals surface area contributed by atoms with E-state index in [9.17, 15) is 4.79 Å². The molecule has 1 N–H and O–H groups in total. The van der Waals surface area contributed by atoms with Crippen LogP contribution in [0.2, 0.25) is 0 Å². The third kappa shape index (κ3) is 3.94. The molecule has 0 amide bonds. The normalized spacial score (nSPS) is 17.8. The lowest BCUT2D eigenvalue weighted by Gasteiger charge is -2.27. The van der Waals surface area contributed by atoms with Crippen LogP contribution in [0.3, 0.4) is 0 Å². The van der Waals surface area contributed by atoms with Gasteiger partial charge in [-0.2, -0.15) is 0 Å². The van der Waals surface area contributed by atoms with Gasteiger partial charge < -0.3 is 15.0 Å². The average molecular weight is 291 g/mol. The smallest absolute Gasteiger partial charge is 0.339 e. The Morgan fingerprint density at radius 1 is 1.52 bits per heavy atom. The highest BCUT2D eigenvalue weighted by atomic mass is 16.5. The summed E-state index contributed by atoms with van der Waals surface area (Å²) in [7, 11) is 1.39. The predicted octanol–water partition coefficient (Wildman–Crippen LogP) is 2.15. The second-order valence-corrected chi connectivity index (χ2v) is 5.53. The molecule has 1 aliphatic rings. The molecule has 5 heteroatoms. The minimum Gasteiger partial charge on any atom is -0.465 e. The number of anilines is 1. The zero-order valence-corrected chi connectivity index (χ0v) is 13.2. The molecule has 1 aromatic rings. The van der Waals surface area contributed by atoms with Crippen LogP contribution in [0.25, 0.3) is 0 Å². The molecule has 0 aromatic carbocycles. The van der Waals surface area contributed by atoms with Crippen molar-refractivity contribution in [3.8, 4) is 0 Å². The van der Waals surface area contributed by atoms with Crippen molar-refractivity contribution in [1.29, 1.82) is 0 Å². The van der Waals surface area contributed by atoms with Crippen molar-refractivity contribution in [3.05, 3.63) is 23.4 Å². The van der Waals surface area contributed by atoms with Gasteiger partial charge in [-0.25, -0.2) is 9.78 Å². The van der Waals surface area contributed by atoms with Crippen molar-refractivity contribution in [2.24, 2.45) is 0 Å². The monoisotopic (exact) mass is 291 g/mol. The number of hydrogen-bond acceptors (Lipinski definition) is 5. The van der Waals surface area contributed by atoms with Crippen molar-refractivity contribution in [2.45, 2.75) is 39.2 Å². The van der Waals surface area contributed by atoms with Crippen LogP contribution in [0.4, 0.5) is 5.82 Å². The van der Waals surface area contributed by atoms with Crippen molar-refractivity contribution < 1.29 is 9.53 Å². The largest absolute Gasteiger partial charge is 0.465 e. The van der Waals surface area contributed by atoms with Gasteiger partial charge in [-0.15, -0.1) is 0 Å². The van der Waals surface area contributed by atoms with E-state index in [0.29, 0.717) is 11.6 Å². The van der Waals surface area contributed by atoms with Crippen LogP contribution in [0.15, 0.2) is 12.1 Å². The number of aromatic nitrogens is 1. The molecule has 1 aromatic heterocycles. The molecule has 1 unspecified atom stereocenters. The third-order valence-corrected chi connectivity index (χ3v) is 3.90. The second-order valence-electron chi connectivity index (χ2n) is 5.53. The van der Waals surface area contributed by atoms with E-state index in [0.717, 1.165) is 37.6 Å². The van der Waals surface area contributed by atoms with E-state index >= 15 is 0 Å². The minimum absolute atomic E-state index is 0.328. The van der Waals surface area contributed by atoms with Crippen LogP contribution < -0.4 is 10.2 Å². The maximum absolute atomic E-state index is 11.6. The first-order valence-corrected chi connectivity index (χ1v) is 7.70. The van der Waals surface area contributed by atoms with Crippen molar-refractivity contribution in [2.75, 3.05) is 31.6 Å². The molecule has 116 valence electrons. The van der Waals surface area contributed by atoms with Gasteiger partial charge in [0, 0.05) is 19.1 Å². The highest BCUT2D eigenvalue weighted by Crippen LogP contribution is 2.18. The van der Waals surface area contributed by atoms with E-state index in [4.69, 9.17) is 4.74 Å². The molecule has 1 aliphatic heterocycles. The number of methoxy groups -OCH3 is 1. The number of nitrogens with one attached hydrogen (secondary N) is 1. The topological polar surface area (TPSA) is 54.5 Å². The van der Waals surface area contributed by atoms with Crippen molar-refractivity contribution in [3.63, 3.8) is 0 Å². The molecule has 1 saturated heterocycles. The lowest BCUT2D eigenvalue weighted by atomic mass is 10.2. The molecule has 2 heterocycles. The van der Waals surface area contributed by atoms with Gasteiger partial charge in [0.05, 0.1) is 18.4 Å². The molecule has 21 heavy (non-hydrogen) atoms. The SMILES string of the molecule is CCCN(CC1CCCN1)c1ccc(C(=O)OC)c(C)n1. The molecule has 2 rings (SSSR count). The lowest BCUT2D eigenvalue weighted by molar-refractivity contribution is 0.0599. The molecule has 0 spiro atoms. The summed E-state index contributed by atoms with van der Waals surface area (Å²) in [5.41, 5.74) is 1.26. The summed E-state index contributed by atoms with van der Waals surface area (Å²) in [4.78, 5) is 18.5. The van der Waals surface area contributed by atoms with Gasteiger partial charge in [-0.05, 0) is 44.9 Å². The summed E-state index contributed by atoms with van der Waals surface area (Å²) >= 11 is 0. The van der Waals surface area contributed by atoms with Gasteiger partial charge in [0.2, 0.25) is 0 Å². The fraction of sp³-hybridized carbons (Fsp3) is 0.625. The summed E-state index contributed by atoms with van der Waals surface area (Å²) in [5, 5.41) is 3.53. The number of rotatable bonds is 6. The number of hydrogen-bond donors (Lipinski definition) is 1. The van der Waals surface area contributed by atoms with Crippen LogP contribution >= 0.6 is 0 Å². The van der Waals surface area contributed by atoms with Crippen LogP contribution in [-0.2, 0) is 4.74 Å². The Labute approximate surface area is 126 Å². The van der Waals surface area contributed by atoms with Crippen molar-refractivity contribution in [1.82, 2.24) is 10.3 Å². The maximum Gasteiger partial charge on any atom is 0.339 e. The Hall–Kier alpha value is -1.62. The highest BCUT2D eigenvalue weighted by molar-refractivity contribution is 5.90. The lowest BCUT2D eigenvalue weighted by Crippen LogP contribution is -2.38. The number of carbonyl (C=O) groups is 1. The highest BCUT2D eigenvalue weighted by Gasteiger charge is 2.19. The zero-order valence-electron chi connectivity index (χ0n) is 13.2. The number of ether oxygens (including phenoxy) is 1. The molecule has 0 bridgehead atoms. The molecule has 0 saturated carbocycles. The number of pyridine rings is 1. The van der Waals surface area contributed by atoms with Crippen LogP contribution in [0.5, 0.6) is 0 Å². The van der Waals surface area contributed by atoms with Crippen LogP contribution in [-0.4, -0.2) is 43.7 Å². The van der Waals surface area contributed by atoms with E-state index < -0.39 is 0 Å². The van der Waals surface area contributed by atoms with Gasteiger partial charge in [0.25, 0.3) is 0 Å². The number of carbonyl (C=O) groups excluding carboxylic acids is 1. The molecule has 1 fully saturated rings. The Morgan fingerprint density at radius 3 is 2.90 bits per heavy atom. The first-order chi connectivity index (χ1) is 10.2. The van der Waals surface area contributed by atoms with E-state index in [-0.39, 0.29) is 5.97 Å². The fourth-order valence-corrected chi connectivity index (χ4v) is 2.80. The molecular weight excluding hydrogens is 266 g/mol. The number of esters is 1. The molecule has 0 radical (unpaired) electrons. The molecule has 0 aliphatic carbocycles. The Balaban J connectivity index is 2.15. The summed E-state index contributed by atoms with van der Waals surface area (Å²) < 4.78 is 4.77. The maximum atomic E-state index is 11.6. The summed E-state index contributed by atoms with van der Waals surface area (Å²) in [6, 6.07) is 4.27. The average Bonchev–Trinajstić information content (AvgIpc) is 2.99. The van der Waals surface area contributed by atoms with E-state index in [2.05, 4.69) is 22.1 Å². The summed E-state index contributed by atoms with van der Waals surface area (Å²) in [5.74, 6) is 0.613. The first kappa shape index (κ1) is 15.8. The first-order valence-electron chi connectivity index (χ1n) is 7.70. The second kappa shape index (κ2) is 7.41. The van der Waals surface area contributed by atoms with E-state index in [1.54, 1.807) is 0 Å². The zero-order chi connectivity index (χ0) is 15.2. The molecule has 1 atom stereocenters. The van der Waals surface area contributed by atoms with E-state index in [1.165, 1.54) is 20.0 Å². The standard InChI is InChI=1S/C16H25N3O2/c1-4-10-19(11-13-6-5-9-17-13)15-8-7-14(12(2)18-15)16(20)21-3/h7-8,13,17H,4-6,9-11H2,1-3H3. The van der Waals surface area contributed by atoms with Gasteiger partial charge in [-0.3, -0.25) is 0 Å².